The minimum Gasteiger partial charge on any atom is -0.378 e. The van der Waals surface area contributed by atoms with Crippen molar-refractivity contribution in [3.63, 3.8) is 0 Å². The van der Waals surface area contributed by atoms with Crippen LogP contribution in [0.25, 0.3) is 0 Å². The van der Waals surface area contributed by atoms with Crippen LogP contribution in [0.5, 0.6) is 0 Å². The molecule has 4 heteroatoms. The first-order valence-corrected chi connectivity index (χ1v) is 6.31. The van der Waals surface area contributed by atoms with E-state index in [1.54, 1.807) is 0 Å². The summed E-state index contributed by atoms with van der Waals surface area (Å²) in [6.45, 7) is 0.753. The van der Waals surface area contributed by atoms with E-state index >= 15 is 0 Å². The van der Waals surface area contributed by atoms with Crippen molar-refractivity contribution in [1.82, 2.24) is 4.98 Å². The van der Waals surface area contributed by atoms with Gasteiger partial charge in [-0.05, 0) is 40.3 Å². The summed E-state index contributed by atoms with van der Waals surface area (Å²) < 4.78 is 0.896. The number of hydrogen-bond acceptors (Lipinski definition) is 2. The molecule has 0 amide bonds. The fraction of sp³-hybridized carbons (Fsp3) is 0.0833. The molecule has 0 bridgehead atoms. The molecule has 0 spiro atoms. The molecule has 82 valence electrons. The lowest BCUT2D eigenvalue weighted by Crippen LogP contribution is -2.00. The first-order valence-electron chi connectivity index (χ1n) is 4.85. The second kappa shape index (κ2) is 5.50. The van der Waals surface area contributed by atoms with Crippen molar-refractivity contribution < 1.29 is 0 Å². The van der Waals surface area contributed by atoms with Crippen molar-refractivity contribution in [3.05, 3.63) is 56.9 Å². The summed E-state index contributed by atoms with van der Waals surface area (Å²) in [5, 5.41) is 3.78. The number of nitrogens with zero attached hydrogens (tertiary/aromatic N) is 1. The maximum atomic E-state index is 6.02. The first kappa shape index (κ1) is 11.7. The summed E-state index contributed by atoms with van der Waals surface area (Å²) in [4.78, 5) is 4.18. The summed E-state index contributed by atoms with van der Waals surface area (Å²) in [6.07, 6.45) is 0. The highest BCUT2D eigenvalue weighted by Gasteiger charge is 2.01. The van der Waals surface area contributed by atoms with E-state index in [-0.39, 0.29) is 0 Å². The maximum Gasteiger partial charge on any atom is 0.153 e. The lowest BCUT2D eigenvalue weighted by Gasteiger charge is -2.07. The fourth-order valence-electron chi connectivity index (χ4n) is 1.34. The average Bonchev–Trinajstić information content (AvgIpc) is 2.29. The highest BCUT2D eigenvalue weighted by molar-refractivity contribution is 14.1. The predicted octanol–water partition coefficient (Wildman–Crippen LogP) is 3.95. The minimum absolute atomic E-state index is 0.517. The quantitative estimate of drug-likeness (QED) is 0.673. The molecule has 16 heavy (non-hydrogen) atoms. The van der Waals surface area contributed by atoms with Crippen LogP contribution >= 0.6 is 34.2 Å². The highest BCUT2D eigenvalue weighted by Crippen LogP contribution is 2.20. The molecule has 0 atom stereocenters. The van der Waals surface area contributed by atoms with Crippen LogP contribution in [0.2, 0.25) is 5.15 Å². The van der Waals surface area contributed by atoms with Gasteiger partial charge in [0.25, 0.3) is 0 Å². The Balaban J connectivity index is 2.05. The van der Waals surface area contributed by atoms with Gasteiger partial charge >= 0.3 is 0 Å². The number of pyridine rings is 1. The number of aromatic nitrogens is 1. The number of benzene rings is 1. The Morgan fingerprint density at radius 1 is 1.12 bits per heavy atom. The Morgan fingerprint density at radius 3 is 2.56 bits per heavy atom. The number of rotatable bonds is 3. The molecule has 0 saturated carbocycles. The molecule has 1 N–H and O–H groups in total. The van der Waals surface area contributed by atoms with Crippen molar-refractivity contribution >= 4 is 39.9 Å². The van der Waals surface area contributed by atoms with Crippen LogP contribution in [0.3, 0.4) is 0 Å². The summed E-state index contributed by atoms with van der Waals surface area (Å²) in [5.41, 5.74) is 2.09. The molecule has 0 fully saturated rings. The van der Waals surface area contributed by atoms with Gasteiger partial charge in [-0.2, -0.15) is 0 Å². The molecule has 0 unspecified atom stereocenters. The second-order valence-corrected chi connectivity index (χ2v) is 4.77. The van der Waals surface area contributed by atoms with Crippen molar-refractivity contribution in [3.8, 4) is 0 Å². The summed E-state index contributed by atoms with van der Waals surface area (Å²) in [6, 6.07) is 14.1. The number of halogens is 2. The Bertz CT molecular complexity index is 474. The molecule has 2 aromatic rings. The van der Waals surface area contributed by atoms with E-state index in [0.29, 0.717) is 5.15 Å². The molecule has 0 aliphatic heterocycles. The summed E-state index contributed by atoms with van der Waals surface area (Å²) in [7, 11) is 0. The molecule has 0 aliphatic rings. The molecule has 1 aromatic heterocycles. The normalized spacial score (nSPS) is 10.1. The van der Waals surface area contributed by atoms with E-state index in [2.05, 4.69) is 45.0 Å². The SMILES string of the molecule is Clc1nc(I)ccc1NCc1ccccc1. The molecule has 0 saturated heterocycles. The zero-order valence-electron chi connectivity index (χ0n) is 8.45. The number of anilines is 1. The van der Waals surface area contributed by atoms with Gasteiger partial charge in [-0.15, -0.1) is 0 Å². The lowest BCUT2D eigenvalue weighted by atomic mass is 10.2. The van der Waals surface area contributed by atoms with Crippen LogP contribution in [0, 0.1) is 3.70 Å². The van der Waals surface area contributed by atoms with Gasteiger partial charge in [0.15, 0.2) is 5.15 Å². The molecule has 0 aliphatic carbocycles. The topological polar surface area (TPSA) is 24.9 Å². The molecular formula is C12H10ClIN2. The van der Waals surface area contributed by atoms with E-state index in [4.69, 9.17) is 11.6 Å². The van der Waals surface area contributed by atoms with Crippen LogP contribution in [-0.2, 0) is 6.54 Å². The van der Waals surface area contributed by atoms with Crippen LogP contribution in [0.4, 0.5) is 5.69 Å². The van der Waals surface area contributed by atoms with Gasteiger partial charge in [-0.1, -0.05) is 41.9 Å². The third-order valence-corrected chi connectivity index (χ3v) is 3.03. The molecule has 1 heterocycles. The van der Waals surface area contributed by atoms with E-state index in [0.717, 1.165) is 15.9 Å². The maximum absolute atomic E-state index is 6.02. The van der Waals surface area contributed by atoms with Gasteiger partial charge in [0, 0.05) is 6.54 Å². The summed E-state index contributed by atoms with van der Waals surface area (Å²) in [5.74, 6) is 0. The smallest absolute Gasteiger partial charge is 0.153 e. The monoisotopic (exact) mass is 344 g/mol. The molecule has 1 aromatic carbocycles. The van der Waals surface area contributed by atoms with E-state index in [1.807, 2.05) is 30.3 Å². The van der Waals surface area contributed by atoms with Crippen LogP contribution < -0.4 is 5.32 Å². The van der Waals surface area contributed by atoms with Crippen LogP contribution in [-0.4, -0.2) is 4.98 Å². The second-order valence-electron chi connectivity index (χ2n) is 3.31. The average molecular weight is 345 g/mol. The molecular weight excluding hydrogens is 335 g/mol. The molecule has 2 rings (SSSR count). The number of hydrogen-bond donors (Lipinski definition) is 1. The Kier molecular flexibility index (Phi) is 4.01. The largest absolute Gasteiger partial charge is 0.378 e. The van der Waals surface area contributed by atoms with Crippen LogP contribution in [0.15, 0.2) is 42.5 Å². The molecule has 2 nitrogen and oxygen atoms in total. The Labute approximate surface area is 113 Å². The molecule has 0 radical (unpaired) electrons. The zero-order chi connectivity index (χ0) is 11.4. The number of nitrogens with one attached hydrogen (secondary N) is 1. The third-order valence-electron chi connectivity index (χ3n) is 2.14. The van der Waals surface area contributed by atoms with Gasteiger partial charge in [-0.25, -0.2) is 4.98 Å². The van der Waals surface area contributed by atoms with E-state index in [9.17, 15) is 0 Å². The zero-order valence-corrected chi connectivity index (χ0v) is 11.4. The predicted molar refractivity (Wildman–Crippen MR) is 75.7 cm³/mol. The third kappa shape index (κ3) is 3.09. The summed E-state index contributed by atoms with van der Waals surface area (Å²) >= 11 is 8.16. The van der Waals surface area contributed by atoms with Crippen molar-refractivity contribution in [2.45, 2.75) is 6.54 Å². The van der Waals surface area contributed by atoms with Gasteiger partial charge < -0.3 is 5.32 Å². The van der Waals surface area contributed by atoms with Gasteiger partial charge in [-0.3, -0.25) is 0 Å². The minimum atomic E-state index is 0.517. The van der Waals surface area contributed by atoms with Gasteiger partial charge in [0.05, 0.1) is 5.69 Å². The van der Waals surface area contributed by atoms with Gasteiger partial charge in [0.1, 0.15) is 3.70 Å². The van der Waals surface area contributed by atoms with Crippen LogP contribution in [0.1, 0.15) is 5.56 Å². The highest BCUT2D eigenvalue weighted by atomic mass is 127. The van der Waals surface area contributed by atoms with E-state index < -0.39 is 0 Å². The fourth-order valence-corrected chi connectivity index (χ4v) is 2.12. The van der Waals surface area contributed by atoms with Gasteiger partial charge in [0.2, 0.25) is 0 Å². The Hall–Kier alpha value is -0.810. The van der Waals surface area contributed by atoms with E-state index in [1.165, 1.54) is 5.56 Å². The Morgan fingerprint density at radius 2 is 1.88 bits per heavy atom. The van der Waals surface area contributed by atoms with Crippen molar-refractivity contribution in [2.75, 3.05) is 5.32 Å². The first-order chi connectivity index (χ1) is 7.75. The van der Waals surface area contributed by atoms with Crippen molar-refractivity contribution in [1.29, 1.82) is 0 Å². The lowest BCUT2D eigenvalue weighted by molar-refractivity contribution is 1.13. The van der Waals surface area contributed by atoms with Crippen molar-refractivity contribution in [2.24, 2.45) is 0 Å². The standard InChI is InChI=1S/C12H10ClIN2/c13-12-10(6-7-11(14)16-12)15-8-9-4-2-1-3-5-9/h1-7,15H,8H2.